The van der Waals surface area contributed by atoms with Crippen LogP contribution in [0.3, 0.4) is 0 Å². The Morgan fingerprint density at radius 1 is 1.16 bits per heavy atom. The highest BCUT2D eigenvalue weighted by molar-refractivity contribution is 5.93. The molecule has 25 heavy (non-hydrogen) atoms. The molecule has 2 rings (SSSR count). The van der Waals surface area contributed by atoms with Gasteiger partial charge >= 0.3 is 5.97 Å². The Morgan fingerprint density at radius 3 is 2.56 bits per heavy atom. The van der Waals surface area contributed by atoms with Crippen molar-refractivity contribution in [1.82, 2.24) is 9.97 Å². The molecule has 0 atom stereocenters. The van der Waals surface area contributed by atoms with Crippen molar-refractivity contribution in [2.45, 2.75) is 0 Å². The van der Waals surface area contributed by atoms with E-state index in [-0.39, 0.29) is 37.3 Å². The van der Waals surface area contributed by atoms with Gasteiger partial charge in [0, 0.05) is 0 Å². The van der Waals surface area contributed by atoms with E-state index in [1.807, 2.05) is 0 Å². The molecule has 1 heterocycles. The number of nitrogens with two attached hydrogens (primary N) is 2. The Labute approximate surface area is 142 Å². The third-order valence-corrected chi connectivity index (χ3v) is 2.93. The van der Waals surface area contributed by atoms with Gasteiger partial charge in [-0.15, -0.1) is 0 Å². The van der Waals surface area contributed by atoms with Gasteiger partial charge in [0.15, 0.2) is 5.82 Å². The minimum Gasteiger partial charge on any atom is -0.460 e. The van der Waals surface area contributed by atoms with Gasteiger partial charge in [0.25, 0.3) is 11.5 Å². The van der Waals surface area contributed by atoms with Crippen molar-refractivity contribution >= 4 is 29.3 Å². The second-order valence-corrected chi connectivity index (χ2v) is 4.81. The topological polar surface area (TPSA) is 162 Å². The standard InChI is InChI=1S/C15H17N5O5/c16-12-11(13(22)20-15(17)19-12)18-10(21)8-24-6-7-25-14(23)9-4-2-1-3-5-9/h1-5H,6-8H2,(H,18,21)(H5,16,17,19,20,22). The van der Waals surface area contributed by atoms with Gasteiger partial charge in [0.05, 0.1) is 12.2 Å². The molecule has 0 radical (unpaired) electrons. The molecule has 10 heteroatoms. The molecule has 0 bridgehead atoms. The fourth-order valence-corrected chi connectivity index (χ4v) is 1.82. The fraction of sp³-hybridized carbons (Fsp3) is 0.200. The molecule has 10 nitrogen and oxygen atoms in total. The summed E-state index contributed by atoms with van der Waals surface area (Å²) in [6.45, 7) is -0.364. The number of carbonyl (C=O) groups excluding carboxylic acids is 2. The summed E-state index contributed by atoms with van der Waals surface area (Å²) in [7, 11) is 0. The lowest BCUT2D eigenvalue weighted by molar-refractivity contribution is -0.120. The molecular weight excluding hydrogens is 330 g/mol. The lowest BCUT2D eigenvalue weighted by atomic mass is 10.2. The van der Waals surface area contributed by atoms with Crippen LogP contribution in [0.15, 0.2) is 35.1 Å². The number of nitrogens with zero attached hydrogens (tertiary/aromatic N) is 1. The fourth-order valence-electron chi connectivity index (χ4n) is 1.82. The van der Waals surface area contributed by atoms with Crippen molar-refractivity contribution in [1.29, 1.82) is 0 Å². The minimum atomic E-state index is -0.671. The zero-order chi connectivity index (χ0) is 18.2. The van der Waals surface area contributed by atoms with Crippen LogP contribution in [0.2, 0.25) is 0 Å². The quantitative estimate of drug-likeness (QED) is 0.393. The average molecular weight is 347 g/mol. The number of aromatic amines is 1. The first-order valence-electron chi connectivity index (χ1n) is 7.22. The number of ether oxygens (including phenoxy) is 2. The zero-order valence-electron chi connectivity index (χ0n) is 13.2. The van der Waals surface area contributed by atoms with E-state index in [0.29, 0.717) is 5.56 Å². The number of nitrogen functional groups attached to an aromatic ring is 2. The van der Waals surface area contributed by atoms with Gasteiger partial charge in [-0.3, -0.25) is 14.6 Å². The van der Waals surface area contributed by atoms with Crippen LogP contribution in [0.5, 0.6) is 0 Å². The SMILES string of the molecule is Nc1nc(N)c(NC(=O)COCCOC(=O)c2ccccc2)c(=O)[nH]1. The number of aromatic nitrogens is 2. The van der Waals surface area contributed by atoms with Crippen LogP contribution in [-0.4, -0.2) is 41.7 Å². The van der Waals surface area contributed by atoms with Crippen LogP contribution >= 0.6 is 0 Å². The maximum absolute atomic E-state index is 11.7. The van der Waals surface area contributed by atoms with Gasteiger partial charge in [0.1, 0.15) is 18.9 Å². The van der Waals surface area contributed by atoms with Crippen molar-refractivity contribution in [3.8, 4) is 0 Å². The second kappa shape index (κ2) is 8.45. The Morgan fingerprint density at radius 2 is 1.88 bits per heavy atom. The number of nitrogens with one attached hydrogen (secondary N) is 2. The van der Waals surface area contributed by atoms with Crippen molar-refractivity contribution in [3.63, 3.8) is 0 Å². The van der Waals surface area contributed by atoms with Gasteiger partial charge in [-0.1, -0.05) is 18.2 Å². The average Bonchev–Trinajstić information content (AvgIpc) is 2.58. The third kappa shape index (κ3) is 5.32. The summed E-state index contributed by atoms with van der Waals surface area (Å²) < 4.78 is 10.1. The Kier molecular flexibility index (Phi) is 6.07. The van der Waals surface area contributed by atoms with E-state index in [9.17, 15) is 14.4 Å². The molecule has 0 saturated carbocycles. The summed E-state index contributed by atoms with van der Waals surface area (Å²) in [6, 6.07) is 8.47. The van der Waals surface area contributed by atoms with Crippen molar-refractivity contribution in [2.75, 3.05) is 36.6 Å². The maximum Gasteiger partial charge on any atom is 0.338 e. The minimum absolute atomic E-state index is 0.0117. The summed E-state index contributed by atoms with van der Waals surface area (Å²) in [5, 5.41) is 2.27. The molecule has 1 aromatic heterocycles. The number of anilines is 3. The van der Waals surface area contributed by atoms with Crippen molar-refractivity contribution in [2.24, 2.45) is 0 Å². The number of hydrogen-bond donors (Lipinski definition) is 4. The maximum atomic E-state index is 11.7. The molecule has 0 spiro atoms. The highest BCUT2D eigenvalue weighted by atomic mass is 16.6. The lowest BCUT2D eigenvalue weighted by Gasteiger charge is -2.08. The van der Waals surface area contributed by atoms with Gasteiger partial charge < -0.3 is 26.3 Å². The van der Waals surface area contributed by atoms with Gasteiger partial charge in [0.2, 0.25) is 5.95 Å². The number of hydrogen-bond acceptors (Lipinski definition) is 8. The predicted molar refractivity (Wildman–Crippen MR) is 89.9 cm³/mol. The second-order valence-electron chi connectivity index (χ2n) is 4.81. The van der Waals surface area contributed by atoms with Crippen LogP contribution in [0.1, 0.15) is 10.4 Å². The van der Waals surface area contributed by atoms with Crippen LogP contribution < -0.4 is 22.3 Å². The van der Waals surface area contributed by atoms with Gasteiger partial charge in [-0.25, -0.2) is 4.79 Å². The smallest absolute Gasteiger partial charge is 0.338 e. The molecule has 0 saturated heterocycles. The third-order valence-electron chi connectivity index (χ3n) is 2.93. The molecule has 0 aliphatic heterocycles. The van der Waals surface area contributed by atoms with Crippen LogP contribution in [0.4, 0.5) is 17.5 Å². The van der Waals surface area contributed by atoms with E-state index in [1.54, 1.807) is 30.3 Å². The van der Waals surface area contributed by atoms with E-state index >= 15 is 0 Å². The number of H-pyrrole nitrogens is 1. The lowest BCUT2D eigenvalue weighted by Crippen LogP contribution is -2.26. The molecule has 0 unspecified atom stereocenters. The normalized spacial score (nSPS) is 10.2. The number of amides is 1. The molecule has 0 aliphatic carbocycles. The van der Waals surface area contributed by atoms with Gasteiger partial charge in [-0.2, -0.15) is 4.98 Å². The summed E-state index contributed by atoms with van der Waals surface area (Å²) in [5.74, 6) is -1.46. The summed E-state index contributed by atoms with van der Waals surface area (Å²) in [5.41, 5.74) is 10.4. The van der Waals surface area contributed by atoms with E-state index in [1.165, 1.54) is 0 Å². The van der Waals surface area contributed by atoms with Crippen molar-refractivity contribution < 1.29 is 19.1 Å². The first-order chi connectivity index (χ1) is 12.0. The van der Waals surface area contributed by atoms with E-state index in [4.69, 9.17) is 20.9 Å². The molecule has 132 valence electrons. The number of rotatable bonds is 7. The summed E-state index contributed by atoms with van der Waals surface area (Å²) in [4.78, 5) is 40.8. The van der Waals surface area contributed by atoms with E-state index < -0.39 is 17.4 Å². The Bertz CT molecular complexity index is 806. The molecular formula is C15H17N5O5. The first kappa shape index (κ1) is 17.9. The Balaban J connectivity index is 1.71. The molecule has 6 N–H and O–H groups in total. The number of benzene rings is 1. The van der Waals surface area contributed by atoms with E-state index in [0.717, 1.165) is 0 Å². The number of carbonyl (C=O) groups is 2. The van der Waals surface area contributed by atoms with E-state index in [2.05, 4.69) is 15.3 Å². The molecule has 0 aliphatic rings. The van der Waals surface area contributed by atoms with Crippen LogP contribution in [0.25, 0.3) is 0 Å². The zero-order valence-corrected chi connectivity index (χ0v) is 13.2. The summed E-state index contributed by atoms with van der Waals surface area (Å²) in [6.07, 6.45) is 0. The van der Waals surface area contributed by atoms with Crippen LogP contribution in [-0.2, 0) is 14.3 Å². The molecule has 1 aromatic carbocycles. The first-order valence-corrected chi connectivity index (χ1v) is 7.22. The van der Waals surface area contributed by atoms with Crippen LogP contribution in [0, 0.1) is 0 Å². The highest BCUT2D eigenvalue weighted by Crippen LogP contribution is 2.09. The highest BCUT2D eigenvalue weighted by Gasteiger charge is 2.12. The molecule has 2 aromatic rings. The predicted octanol–water partition coefficient (Wildman–Crippen LogP) is -0.254. The molecule has 1 amide bonds. The Hall–Kier alpha value is -3.40. The van der Waals surface area contributed by atoms with Crippen molar-refractivity contribution in [3.05, 3.63) is 46.2 Å². The number of esters is 1. The monoisotopic (exact) mass is 347 g/mol. The largest absolute Gasteiger partial charge is 0.460 e. The van der Waals surface area contributed by atoms with Gasteiger partial charge in [-0.05, 0) is 12.1 Å². The summed E-state index contributed by atoms with van der Waals surface area (Å²) >= 11 is 0. The molecule has 0 fully saturated rings.